The molecule has 19 heteroatoms. The Labute approximate surface area is 327 Å². The van der Waals surface area contributed by atoms with Gasteiger partial charge in [-0.25, -0.2) is 14.6 Å². The smallest absolute Gasteiger partial charge is 0.426 e. The maximum absolute atomic E-state index is 13.6. The van der Waals surface area contributed by atoms with Gasteiger partial charge in [0.05, 0.1) is 13.2 Å². The quantitative estimate of drug-likeness (QED) is 0.0393. The van der Waals surface area contributed by atoms with Crippen molar-refractivity contribution in [2.45, 2.75) is 103 Å². The summed E-state index contributed by atoms with van der Waals surface area (Å²) in [7, 11) is 0. The van der Waals surface area contributed by atoms with E-state index in [-0.39, 0.29) is 36.7 Å². The lowest BCUT2D eigenvalue weighted by Gasteiger charge is -2.19. The molecule has 56 heavy (non-hydrogen) atoms. The number of esters is 1. The Hall–Kier alpha value is -5.17. The minimum absolute atomic E-state index is 0.0238. The third-order valence-corrected chi connectivity index (χ3v) is 9.68. The fourth-order valence-electron chi connectivity index (χ4n) is 6.69. The summed E-state index contributed by atoms with van der Waals surface area (Å²) in [5.41, 5.74) is 3.61. The number of unbranched alkanes of at least 4 members (excludes halogenated alkanes) is 2. The minimum Gasteiger partial charge on any atom is -0.426 e. The van der Waals surface area contributed by atoms with Gasteiger partial charge in [-0.05, 0) is 54.5 Å². The molecule has 0 saturated carbocycles. The first-order valence-electron chi connectivity index (χ1n) is 18.5. The van der Waals surface area contributed by atoms with Crippen LogP contribution >= 0.6 is 11.6 Å². The number of carbonyl (C=O) groups is 2. The number of rotatable bonds is 19. The van der Waals surface area contributed by atoms with Crippen LogP contribution in [0.5, 0.6) is 0 Å². The first-order valence-corrected chi connectivity index (χ1v) is 18.9. The number of hydrogen-bond donors (Lipinski definition) is 1. The number of nitrogens with one attached hydrogen (secondary N) is 1. The van der Waals surface area contributed by atoms with Crippen LogP contribution in [-0.4, -0.2) is 104 Å². The number of aromatic amines is 1. The number of H-pyrrole nitrogens is 1. The highest BCUT2D eigenvalue weighted by atomic mass is 35.5. The molecule has 6 atom stereocenters. The first kappa shape index (κ1) is 40.5. The molecule has 2 aliphatic rings. The number of carbonyl (C=O) groups excluding carboxylic acids is 2. The van der Waals surface area contributed by atoms with Gasteiger partial charge in [0.2, 0.25) is 12.1 Å². The van der Waals surface area contributed by atoms with Gasteiger partial charge in [0, 0.05) is 32.1 Å². The average Bonchev–Trinajstić information content (AvgIpc) is 3.98. The number of fused-ring (bicyclic) bond motifs is 1. The Morgan fingerprint density at radius 1 is 1.02 bits per heavy atom. The van der Waals surface area contributed by atoms with Crippen LogP contribution in [0.3, 0.4) is 0 Å². The fourth-order valence-corrected chi connectivity index (χ4v) is 6.97. The Balaban J connectivity index is 1.02. The zero-order valence-corrected chi connectivity index (χ0v) is 32.0. The molecule has 2 aromatic carbocycles. The van der Waals surface area contributed by atoms with Crippen molar-refractivity contribution in [1.82, 2.24) is 30.2 Å². The van der Waals surface area contributed by atoms with Crippen molar-refractivity contribution in [2.75, 3.05) is 19.8 Å². The van der Waals surface area contributed by atoms with E-state index in [9.17, 15) is 19.7 Å². The molecule has 0 amide bonds. The maximum Gasteiger partial charge on any atom is 0.511 e. The van der Waals surface area contributed by atoms with E-state index < -0.39 is 47.9 Å². The molecule has 1 N–H and O–H groups in total. The highest BCUT2D eigenvalue weighted by molar-refractivity contribution is 6.32. The van der Waals surface area contributed by atoms with E-state index in [0.717, 1.165) is 35.1 Å². The molecule has 2 aliphatic heterocycles. The third kappa shape index (κ3) is 10.2. The molecule has 2 aromatic heterocycles. The zero-order valence-electron chi connectivity index (χ0n) is 31.2. The van der Waals surface area contributed by atoms with Crippen LogP contribution in [0.25, 0.3) is 22.5 Å². The molecule has 0 bridgehead atoms. The van der Waals surface area contributed by atoms with Crippen LogP contribution in [0.1, 0.15) is 74.8 Å². The van der Waals surface area contributed by atoms with Gasteiger partial charge in [-0.1, -0.05) is 73.5 Å². The van der Waals surface area contributed by atoms with Gasteiger partial charge >= 0.3 is 12.1 Å². The molecule has 2 saturated heterocycles. The first-order chi connectivity index (χ1) is 27.1. The van der Waals surface area contributed by atoms with Crippen molar-refractivity contribution < 1.29 is 47.9 Å². The van der Waals surface area contributed by atoms with Gasteiger partial charge in [-0.3, -0.25) is 0 Å². The normalized spacial score (nSPS) is 19.9. The average molecular weight is 798 g/mol. The van der Waals surface area contributed by atoms with Gasteiger partial charge in [-0.15, -0.1) is 20.3 Å². The Bertz CT molecular complexity index is 1930. The van der Waals surface area contributed by atoms with Gasteiger partial charge in [0.15, 0.2) is 17.0 Å². The van der Waals surface area contributed by atoms with Crippen molar-refractivity contribution in [2.24, 2.45) is 0 Å². The Morgan fingerprint density at radius 3 is 2.46 bits per heavy atom. The van der Waals surface area contributed by atoms with Crippen LogP contribution in [0, 0.1) is 10.1 Å². The molecular weight excluding hydrogens is 754 g/mol. The summed E-state index contributed by atoms with van der Waals surface area (Å²) in [6, 6.07) is 15.6. The van der Waals surface area contributed by atoms with Crippen LogP contribution < -0.4 is 0 Å². The Kier molecular flexibility index (Phi) is 13.8. The number of hydrogen-bond acceptors (Lipinski definition) is 15. The van der Waals surface area contributed by atoms with Gasteiger partial charge in [-0.2, -0.15) is 5.21 Å². The number of ether oxygens (including phenoxy) is 6. The topological polar surface area (TPSA) is 214 Å². The van der Waals surface area contributed by atoms with E-state index in [1.807, 2.05) is 48.5 Å². The second kappa shape index (κ2) is 19.1. The molecule has 2 fully saturated rings. The fraction of sp³-hybridized carbons (Fsp3) is 0.514. The number of imidazole rings is 1. The van der Waals surface area contributed by atoms with Crippen molar-refractivity contribution >= 4 is 23.7 Å². The monoisotopic (exact) mass is 797 g/mol. The molecule has 300 valence electrons. The van der Waals surface area contributed by atoms with E-state index in [4.69, 9.17) is 40.0 Å². The second-order valence-corrected chi connectivity index (χ2v) is 13.8. The number of aryl methyl sites for hydroxylation is 1. The van der Waals surface area contributed by atoms with Crippen LogP contribution in [0.4, 0.5) is 4.79 Å². The van der Waals surface area contributed by atoms with Gasteiger partial charge < -0.3 is 37.8 Å². The highest BCUT2D eigenvalue weighted by Gasteiger charge is 2.50. The summed E-state index contributed by atoms with van der Waals surface area (Å²) in [5, 5.41) is 24.1. The summed E-state index contributed by atoms with van der Waals surface area (Å²) in [6.45, 7) is 6.08. The molecule has 4 aromatic rings. The van der Waals surface area contributed by atoms with E-state index >= 15 is 0 Å². The van der Waals surface area contributed by atoms with Crippen molar-refractivity contribution in [3.05, 3.63) is 80.9 Å². The van der Waals surface area contributed by atoms with Crippen molar-refractivity contribution in [3.8, 4) is 22.5 Å². The largest absolute Gasteiger partial charge is 0.511 e. The predicted octanol–water partition coefficient (Wildman–Crippen LogP) is 5.75. The third-order valence-electron chi connectivity index (χ3n) is 9.42. The van der Waals surface area contributed by atoms with Gasteiger partial charge in [0.25, 0.3) is 5.09 Å². The molecular formula is C37H44ClN7O11. The number of nitrogens with zero attached hydrogens (tertiary/aromatic N) is 6. The minimum atomic E-state index is -1.33. The standard InChI is InChI=1S/C37H44ClN7O11/c1-4-5-13-30-39-34(38)31(44(30)19-24-14-16-25(17-15-24)26-11-6-7-12-27(26)35-40-42-43-41-35)36(46)53-23(3)54-37(47)55-29-21-52-32-28(20-51-33(29)32)50-18-9-8-10-22(2)56-45(48)49/h6-7,11-12,14-17,22-23,28-29,32-33H,4-5,8-10,13,18-21H2,1-3H3,(H,40,41,42,43)/t22-,23?,28+,29+,32?,33?/m0/s1. The van der Waals surface area contributed by atoms with Crippen LogP contribution in [-0.2, 0) is 46.2 Å². The molecule has 0 spiro atoms. The second-order valence-electron chi connectivity index (χ2n) is 13.5. The lowest BCUT2D eigenvalue weighted by atomic mass is 9.98. The lowest BCUT2D eigenvalue weighted by molar-refractivity contribution is -0.767. The predicted molar refractivity (Wildman–Crippen MR) is 197 cm³/mol. The van der Waals surface area contributed by atoms with E-state index in [2.05, 4.69) is 37.4 Å². The molecule has 3 unspecified atom stereocenters. The molecule has 6 rings (SSSR count). The van der Waals surface area contributed by atoms with Gasteiger partial charge in [0.1, 0.15) is 30.2 Å². The van der Waals surface area contributed by atoms with Crippen LogP contribution in [0.15, 0.2) is 48.5 Å². The number of halogens is 1. The number of tetrazole rings is 1. The van der Waals surface area contributed by atoms with E-state index in [1.165, 1.54) is 6.92 Å². The summed E-state index contributed by atoms with van der Waals surface area (Å²) < 4.78 is 35.6. The molecule has 18 nitrogen and oxygen atoms in total. The van der Waals surface area contributed by atoms with E-state index in [1.54, 1.807) is 11.5 Å². The van der Waals surface area contributed by atoms with Crippen molar-refractivity contribution in [3.63, 3.8) is 0 Å². The number of benzene rings is 2. The summed E-state index contributed by atoms with van der Waals surface area (Å²) in [5.74, 6) is 0.284. The Morgan fingerprint density at radius 2 is 1.75 bits per heavy atom. The molecule has 0 radical (unpaired) electrons. The molecule has 0 aliphatic carbocycles. The summed E-state index contributed by atoms with van der Waals surface area (Å²) in [6.07, 6.45) is -0.859. The zero-order chi connectivity index (χ0) is 39.6. The van der Waals surface area contributed by atoms with E-state index in [0.29, 0.717) is 43.9 Å². The summed E-state index contributed by atoms with van der Waals surface area (Å²) in [4.78, 5) is 45.8. The van der Waals surface area contributed by atoms with Crippen LogP contribution in [0.2, 0.25) is 5.15 Å². The van der Waals surface area contributed by atoms with Crippen molar-refractivity contribution in [1.29, 1.82) is 0 Å². The summed E-state index contributed by atoms with van der Waals surface area (Å²) >= 11 is 6.55. The maximum atomic E-state index is 13.6. The lowest BCUT2D eigenvalue weighted by Crippen LogP contribution is -2.36. The number of aromatic nitrogens is 6. The SMILES string of the molecule is CCCCc1nc(Cl)c(C(=O)OC(C)OC(=O)O[C@@H]2COC3C2OC[C@H]3OCCCC[C@H](C)O[N+](=O)[O-])n1Cc1ccc(-c2ccccc2-c2nn[nH]n2)cc1. The molecule has 4 heterocycles. The highest BCUT2D eigenvalue weighted by Crippen LogP contribution is 2.32.